The van der Waals surface area contributed by atoms with Crippen molar-refractivity contribution < 1.29 is 4.42 Å². The van der Waals surface area contributed by atoms with E-state index < -0.39 is 0 Å². The zero-order valence-electron chi connectivity index (χ0n) is 31.3. The van der Waals surface area contributed by atoms with Crippen molar-refractivity contribution in [1.29, 1.82) is 0 Å². The van der Waals surface area contributed by atoms with Gasteiger partial charge in [-0.15, -0.1) is 0 Å². The van der Waals surface area contributed by atoms with Crippen LogP contribution in [0.25, 0.3) is 88.8 Å². The summed E-state index contributed by atoms with van der Waals surface area (Å²) in [6.07, 6.45) is 0. The second-order valence-electron chi connectivity index (χ2n) is 14.4. The molecule has 0 amide bonds. The van der Waals surface area contributed by atoms with E-state index in [1.807, 2.05) is 72.8 Å². The Labute approximate surface area is 335 Å². The van der Waals surface area contributed by atoms with Crippen LogP contribution in [0.4, 0.5) is 17.1 Å². The van der Waals surface area contributed by atoms with Crippen LogP contribution in [-0.4, -0.2) is 15.0 Å². The van der Waals surface area contributed by atoms with E-state index in [1.54, 1.807) is 0 Å². The van der Waals surface area contributed by atoms with Crippen molar-refractivity contribution in [2.24, 2.45) is 0 Å². The van der Waals surface area contributed by atoms with Crippen LogP contribution in [0.3, 0.4) is 0 Å². The molecule has 272 valence electrons. The minimum Gasteiger partial charge on any atom is -0.455 e. The number of furan rings is 1. The van der Waals surface area contributed by atoms with Gasteiger partial charge < -0.3 is 9.32 Å². The molecule has 0 unspecified atom stereocenters. The SMILES string of the molecule is c1ccc(-c2nc(-c3ccccc3)nc(-c3ccc(-c4ccc5c(c4)c(N(c4ccccc4)c4ccc6ccccc6c4)cc4c6ccccc6oc54)cc3)n2)cc1. The molecule has 0 atom stereocenters. The zero-order chi connectivity index (χ0) is 38.4. The van der Waals surface area contributed by atoms with Gasteiger partial charge in [0.15, 0.2) is 17.5 Å². The summed E-state index contributed by atoms with van der Waals surface area (Å²) < 4.78 is 6.63. The molecular formula is C53H34N4O. The summed E-state index contributed by atoms with van der Waals surface area (Å²) in [5.41, 5.74) is 9.95. The third kappa shape index (κ3) is 5.94. The molecule has 0 saturated carbocycles. The maximum Gasteiger partial charge on any atom is 0.164 e. The number of hydrogen-bond donors (Lipinski definition) is 0. The number of aromatic nitrogens is 3. The van der Waals surface area contributed by atoms with Crippen molar-refractivity contribution in [3.05, 3.63) is 206 Å². The van der Waals surface area contributed by atoms with Crippen LogP contribution in [0, 0.1) is 0 Å². The standard InChI is InChI=1S/C53H34N4O/c1-4-15-37(16-5-1)51-54-52(38-17-6-2-7-18-38)56-53(55-51)39-26-24-36(25-27-39)41-29-31-45-46(33-41)48(34-47-44-22-12-13-23-49(44)58-50(45)47)57(42-20-8-3-9-21-42)43-30-28-35-14-10-11-19-40(35)32-43/h1-34H. The Balaban J connectivity index is 1.08. The summed E-state index contributed by atoms with van der Waals surface area (Å²) in [6, 6.07) is 71.8. The van der Waals surface area contributed by atoms with E-state index in [1.165, 1.54) is 10.8 Å². The summed E-state index contributed by atoms with van der Waals surface area (Å²) in [5.74, 6) is 1.91. The number of benzene rings is 9. The fourth-order valence-corrected chi connectivity index (χ4v) is 8.01. The van der Waals surface area contributed by atoms with Gasteiger partial charge in [0, 0.05) is 49.6 Å². The molecule has 0 aliphatic rings. The van der Waals surface area contributed by atoms with E-state index in [0.29, 0.717) is 17.5 Å². The number of hydrogen-bond acceptors (Lipinski definition) is 5. The lowest BCUT2D eigenvalue weighted by Crippen LogP contribution is -2.10. The average Bonchev–Trinajstić information content (AvgIpc) is 3.68. The highest BCUT2D eigenvalue weighted by molar-refractivity contribution is 6.20. The van der Waals surface area contributed by atoms with Crippen molar-refractivity contribution >= 4 is 60.5 Å². The number of anilines is 3. The molecule has 0 aliphatic carbocycles. The van der Waals surface area contributed by atoms with Gasteiger partial charge in [-0.2, -0.15) is 0 Å². The van der Waals surface area contributed by atoms with Crippen LogP contribution < -0.4 is 4.90 Å². The third-order valence-electron chi connectivity index (χ3n) is 10.9. The van der Waals surface area contributed by atoms with Crippen molar-refractivity contribution in [2.75, 3.05) is 4.90 Å². The van der Waals surface area contributed by atoms with Crippen LogP contribution in [0.15, 0.2) is 211 Å². The second-order valence-corrected chi connectivity index (χ2v) is 14.4. The first-order valence-corrected chi connectivity index (χ1v) is 19.4. The van der Waals surface area contributed by atoms with Gasteiger partial charge in [0.2, 0.25) is 0 Å². The first-order chi connectivity index (χ1) is 28.7. The largest absolute Gasteiger partial charge is 0.455 e. The van der Waals surface area contributed by atoms with E-state index >= 15 is 0 Å². The number of nitrogens with zero attached hydrogens (tertiary/aromatic N) is 4. The maximum absolute atomic E-state index is 6.63. The van der Waals surface area contributed by atoms with Crippen molar-refractivity contribution in [3.8, 4) is 45.3 Å². The molecule has 11 rings (SSSR count). The van der Waals surface area contributed by atoms with Gasteiger partial charge in [-0.3, -0.25) is 0 Å². The van der Waals surface area contributed by atoms with Crippen LogP contribution in [0.5, 0.6) is 0 Å². The van der Waals surface area contributed by atoms with Gasteiger partial charge in [0.25, 0.3) is 0 Å². The van der Waals surface area contributed by atoms with Crippen molar-refractivity contribution in [3.63, 3.8) is 0 Å². The molecule has 9 aromatic carbocycles. The molecule has 58 heavy (non-hydrogen) atoms. The van der Waals surface area contributed by atoms with Gasteiger partial charge in [-0.1, -0.05) is 158 Å². The van der Waals surface area contributed by atoms with Crippen molar-refractivity contribution in [2.45, 2.75) is 0 Å². The highest BCUT2D eigenvalue weighted by Crippen LogP contribution is 2.46. The molecule has 0 aliphatic heterocycles. The summed E-state index contributed by atoms with van der Waals surface area (Å²) in [6.45, 7) is 0. The predicted molar refractivity (Wildman–Crippen MR) is 239 cm³/mol. The molecule has 11 aromatic rings. The number of rotatable bonds is 7. The van der Waals surface area contributed by atoms with Gasteiger partial charge in [0.1, 0.15) is 11.2 Å². The number of fused-ring (bicyclic) bond motifs is 6. The Hall–Kier alpha value is -7.89. The Bertz CT molecular complexity index is 3210. The molecule has 5 heteroatoms. The van der Waals surface area contributed by atoms with Gasteiger partial charge in [-0.25, -0.2) is 15.0 Å². The van der Waals surface area contributed by atoms with E-state index in [4.69, 9.17) is 19.4 Å². The van der Waals surface area contributed by atoms with Gasteiger partial charge in [0.05, 0.1) is 5.69 Å². The maximum atomic E-state index is 6.63. The molecule has 0 spiro atoms. The number of para-hydroxylation sites is 2. The quantitative estimate of drug-likeness (QED) is 0.163. The highest BCUT2D eigenvalue weighted by Gasteiger charge is 2.21. The van der Waals surface area contributed by atoms with E-state index in [2.05, 4.69) is 138 Å². The van der Waals surface area contributed by atoms with E-state index in [0.717, 1.165) is 77.6 Å². The first-order valence-electron chi connectivity index (χ1n) is 19.4. The lowest BCUT2D eigenvalue weighted by molar-refractivity contribution is 0.672. The summed E-state index contributed by atoms with van der Waals surface area (Å²) in [4.78, 5) is 17.2. The van der Waals surface area contributed by atoms with E-state index in [-0.39, 0.29) is 0 Å². The molecule has 0 fully saturated rings. The minimum absolute atomic E-state index is 0.626. The lowest BCUT2D eigenvalue weighted by atomic mass is 9.96. The normalized spacial score (nSPS) is 11.4. The second kappa shape index (κ2) is 14.0. The molecular weight excluding hydrogens is 709 g/mol. The Morgan fingerprint density at radius 3 is 1.57 bits per heavy atom. The van der Waals surface area contributed by atoms with Crippen LogP contribution >= 0.6 is 0 Å². The van der Waals surface area contributed by atoms with Crippen LogP contribution in [-0.2, 0) is 0 Å². The van der Waals surface area contributed by atoms with Crippen molar-refractivity contribution in [1.82, 2.24) is 15.0 Å². The van der Waals surface area contributed by atoms with Crippen LogP contribution in [0.1, 0.15) is 0 Å². The lowest BCUT2D eigenvalue weighted by Gasteiger charge is -2.27. The molecule has 0 radical (unpaired) electrons. The summed E-state index contributed by atoms with van der Waals surface area (Å²) >= 11 is 0. The Morgan fingerprint density at radius 1 is 0.328 bits per heavy atom. The van der Waals surface area contributed by atoms with E-state index in [9.17, 15) is 0 Å². The minimum atomic E-state index is 0.626. The molecule has 2 heterocycles. The smallest absolute Gasteiger partial charge is 0.164 e. The topological polar surface area (TPSA) is 55.1 Å². The fourth-order valence-electron chi connectivity index (χ4n) is 8.01. The first kappa shape index (κ1) is 33.4. The summed E-state index contributed by atoms with van der Waals surface area (Å²) in [7, 11) is 0. The predicted octanol–water partition coefficient (Wildman–Crippen LogP) is 14.2. The molecule has 2 aromatic heterocycles. The Kier molecular flexibility index (Phi) is 8.07. The molecule has 5 nitrogen and oxygen atoms in total. The summed E-state index contributed by atoms with van der Waals surface area (Å²) in [5, 5.41) is 6.71. The monoisotopic (exact) mass is 742 g/mol. The Morgan fingerprint density at radius 2 is 0.879 bits per heavy atom. The fraction of sp³-hybridized carbons (Fsp3) is 0. The highest BCUT2D eigenvalue weighted by atomic mass is 16.3. The molecule has 0 bridgehead atoms. The zero-order valence-corrected chi connectivity index (χ0v) is 31.3. The average molecular weight is 743 g/mol. The third-order valence-corrected chi connectivity index (χ3v) is 10.9. The van der Waals surface area contributed by atoms with Gasteiger partial charge >= 0.3 is 0 Å². The molecule has 0 N–H and O–H groups in total. The van der Waals surface area contributed by atoms with Crippen LogP contribution in [0.2, 0.25) is 0 Å². The van der Waals surface area contributed by atoms with Gasteiger partial charge in [-0.05, 0) is 70.4 Å². The molecule has 0 saturated heterocycles.